The van der Waals surface area contributed by atoms with Gasteiger partial charge in [0.15, 0.2) is 0 Å². The van der Waals surface area contributed by atoms with Crippen LogP contribution in [0.5, 0.6) is 0 Å². The molecule has 0 aromatic rings. The van der Waals surface area contributed by atoms with Crippen molar-refractivity contribution in [2.24, 2.45) is 10.8 Å². The summed E-state index contributed by atoms with van der Waals surface area (Å²) in [4.78, 5) is 48.7. The average Bonchev–Trinajstić information content (AvgIpc) is 2.86. The van der Waals surface area contributed by atoms with Crippen molar-refractivity contribution >= 4 is 35.6 Å². The lowest BCUT2D eigenvalue weighted by molar-refractivity contribution is -0.175. The molecular weight excluding hydrogens is 492 g/mol. The zero-order chi connectivity index (χ0) is 27.6. The van der Waals surface area contributed by atoms with E-state index in [9.17, 15) is 19.2 Å². The molecular formula is C25H40O10S. The number of hydrogen-bond acceptors (Lipinski definition) is 11. The van der Waals surface area contributed by atoms with Gasteiger partial charge in [-0.2, -0.15) is 11.8 Å². The zero-order valence-corrected chi connectivity index (χ0v) is 22.8. The van der Waals surface area contributed by atoms with Gasteiger partial charge in [0.2, 0.25) is 6.10 Å². The van der Waals surface area contributed by atoms with Gasteiger partial charge >= 0.3 is 23.9 Å². The van der Waals surface area contributed by atoms with Gasteiger partial charge in [-0.3, -0.25) is 14.4 Å². The molecule has 0 bridgehead atoms. The minimum Gasteiger partial charge on any atom is -0.469 e. The van der Waals surface area contributed by atoms with Crippen LogP contribution in [0.15, 0.2) is 25.3 Å². The van der Waals surface area contributed by atoms with E-state index in [0.29, 0.717) is 24.5 Å². The Kier molecular flexibility index (Phi) is 16.8. The molecule has 0 aromatic heterocycles. The van der Waals surface area contributed by atoms with Crippen LogP contribution < -0.4 is 0 Å². The molecule has 0 aliphatic rings. The van der Waals surface area contributed by atoms with E-state index in [1.54, 1.807) is 20.8 Å². The maximum atomic E-state index is 12.7. The Morgan fingerprint density at radius 1 is 0.972 bits per heavy atom. The molecule has 0 aliphatic carbocycles. The van der Waals surface area contributed by atoms with Crippen molar-refractivity contribution < 1.29 is 47.6 Å². The number of esters is 4. The number of methoxy groups -OCH3 is 1. The van der Waals surface area contributed by atoms with E-state index in [1.807, 2.05) is 6.92 Å². The molecule has 0 radical (unpaired) electrons. The van der Waals surface area contributed by atoms with Crippen LogP contribution in [0.25, 0.3) is 0 Å². The van der Waals surface area contributed by atoms with Gasteiger partial charge in [-0.25, -0.2) is 4.79 Å². The van der Waals surface area contributed by atoms with Crippen molar-refractivity contribution in [3.8, 4) is 0 Å². The maximum Gasteiger partial charge on any atom is 0.348 e. The second-order valence-corrected chi connectivity index (χ2v) is 9.81. The lowest BCUT2D eigenvalue weighted by atomic mass is 9.89. The van der Waals surface area contributed by atoms with E-state index >= 15 is 0 Å². The molecule has 0 aliphatic heterocycles. The summed E-state index contributed by atoms with van der Waals surface area (Å²) in [5, 5.41) is 0. The Balaban J connectivity index is 4.56. The summed E-state index contributed by atoms with van der Waals surface area (Å²) in [6.07, 6.45) is 1.42. The molecule has 0 spiro atoms. The number of rotatable bonds is 20. The van der Waals surface area contributed by atoms with E-state index in [2.05, 4.69) is 13.2 Å². The van der Waals surface area contributed by atoms with Crippen molar-refractivity contribution in [3.63, 3.8) is 0 Å². The molecule has 0 aromatic carbocycles. The summed E-state index contributed by atoms with van der Waals surface area (Å²) < 4.78 is 30.8. The third-order valence-corrected chi connectivity index (χ3v) is 6.38. The lowest BCUT2D eigenvalue weighted by Gasteiger charge is -2.25. The Hall–Kier alpha value is -2.37. The predicted molar refractivity (Wildman–Crippen MR) is 135 cm³/mol. The predicted octanol–water partition coefficient (Wildman–Crippen LogP) is 3.09. The fourth-order valence-electron chi connectivity index (χ4n) is 2.50. The monoisotopic (exact) mass is 532 g/mol. The van der Waals surface area contributed by atoms with Gasteiger partial charge in [0, 0.05) is 11.5 Å². The quantitative estimate of drug-likeness (QED) is 0.0755. The molecule has 36 heavy (non-hydrogen) atoms. The largest absolute Gasteiger partial charge is 0.469 e. The topological polar surface area (TPSA) is 124 Å². The minimum absolute atomic E-state index is 0.0228. The highest BCUT2D eigenvalue weighted by Gasteiger charge is 2.36. The third-order valence-electron chi connectivity index (χ3n) is 5.00. The van der Waals surface area contributed by atoms with E-state index in [1.165, 1.54) is 31.0 Å². The standard InChI is InChI=1S/C25H40O10S/c1-8-11-33-20(26)15-19(21(27)34-12-9-2)35-22(28)24(4,5)17-36-14-13-31-18-32-16-25(6,10-3)23(29)30-7/h8-9,19H,1-2,10-18H2,3-7H3. The smallest absolute Gasteiger partial charge is 0.348 e. The molecule has 0 amide bonds. The van der Waals surface area contributed by atoms with Crippen LogP contribution >= 0.6 is 11.8 Å². The molecule has 0 saturated heterocycles. The molecule has 0 N–H and O–H groups in total. The molecule has 206 valence electrons. The van der Waals surface area contributed by atoms with Gasteiger partial charge in [0.1, 0.15) is 20.0 Å². The number of thioether (sulfide) groups is 1. The molecule has 2 atom stereocenters. The van der Waals surface area contributed by atoms with E-state index in [4.69, 9.17) is 28.4 Å². The molecule has 0 rings (SSSR count). The Labute approximate surface area is 218 Å². The first kappa shape index (κ1) is 33.6. The summed E-state index contributed by atoms with van der Waals surface area (Å²) in [6.45, 7) is 14.4. The second-order valence-electron chi connectivity index (χ2n) is 8.71. The average molecular weight is 533 g/mol. The zero-order valence-electron chi connectivity index (χ0n) is 22.0. The van der Waals surface area contributed by atoms with Crippen LogP contribution in [0.3, 0.4) is 0 Å². The van der Waals surface area contributed by atoms with E-state index in [-0.39, 0.29) is 32.6 Å². The summed E-state index contributed by atoms with van der Waals surface area (Å²) in [6, 6.07) is 0. The number of ether oxygens (including phenoxy) is 6. The molecule has 10 nitrogen and oxygen atoms in total. The van der Waals surface area contributed by atoms with Crippen molar-refractivity contribution in [2.45, 2.75) is 46.6 Å². The minimum atomic E-state index is -1.43. The lowest BCUT2D eigenvalue weighted by Crippen LogP contribution is -2.38. The third kappa shape index (κ3) is 13.1. The van der Waals surface area contributed by atoms with Gasteiger partial charge in [-0.1, -0.05) is 32.2 Å². The van der Waals surface area contributed by atoms with E-state index < -0.39 is 41.3 Å². The van der Waals surface area contributed by atoms with Gasteiger partial charge in [-0.05, 0) is 27.2 Å². The van der Waals surface area contributed by atoms with Crippen LogP contribution in [0, 0.1) is 10.8 Å². The summed E-state index contributed by atoms with van der Waals surface area (Å²) >= 11 is 1.45. The maximum absolute atomic E-state index is 12.7. The van der Waals surface area contributed by atoms with Crippen LogP contribution in [0.4, 0.5) is 0 Å². The van der Waals surface area contributed by atoms with E-state index in [0.717, 1.165) is 0 Å². The number of hydrogen-bond donors (Lipinski definition) is 0. The Morgan fingerprint density at radius 3 is 2.19 bits per heavy atom. The van der Waals surface area contributed by atoms with Crippen LogP contribution in [0.1, 0.15) is 40.5 Å². The highest BCUT2D eigenvalue weighted by Crippen LogP contribution is 2.25. The van der Waals surface area contributed by atoms with Crippen LogP contribution in [-0.4, -0.2) is 81.8 Å². The van der Waals surface area contributed by atoms with Gasteiger partial charge < -0.3 is 28.4 Å². The van der Waals surface area contributed by atoms with Crippen molar-refractivity contribution in [3.05, 3.63) is 25.3 Å². The highest BCUT2D eigenvalue weighted by molar-refractivity contribution is 7.99. The first-order chi connectivity index (χ1) is 17.0. The van der Waals surface area contributed by atoms with Gasteiger partial charge in [0.05, 0.1) is 37.6 Å². The first-order valence-corrected chi connectivity index (χ1v) is 12.7. The van der Waals surface area contributed by atoms with Crippen LogP contribution in [-0.2, 0) is 47.6 Å². The Morgan fingerprint density at radius 2 is 1.61 bits per heavy atom. The number of carbonyl (C=O) groups excluding carboxylic acids is 4. The highest BCUT2D eigenvalue weighted by atomic mass is 32.2. The van der Waals surface area contributed by atoms with Gasteiger partial charge in [-0.15, -0.1) is 0 Å². The molecule has 0 saturated carbocycles. The summed E-state index contributed by atoms with van der Waals surface area (Å²) in [7, 11) is 1.34. The van der Waals surface area contributed by atoms with Crippen molar-refractivity contribution in [1.29, 1.82) is 0 Å². The SMILES string of the molecule is C=CCOC(=O)CC(OC(=O)C(C)(C)CSCCOCOCC(C)(CC)C(=O)OC)C(=O)OCC=C. The normalized spacial score (nSPS) is 13.6. The van der Waals surface area contributed by atoms with Crippen LogP contribution in [0.2, 0.25) is 0 Å². The summed E-state index contributed by atoms with van der Waals surface area (Å²) in [5.74, 6) is -1.62. The molecule has 2 unspecified atom stereocenters. The second kappa shape index (κ2) is 18.0. The van der Waals surface area contributed by atoms with Gasteiger partial charge in [0.25, 0.3) is 0 Å². The molecule has 0 heterocycles. The first-order valence-electron chi connectivity index (χ1n) is 11.5. The van der Waals surface area contributed by atoms with Crippen molar-refractivity contribution in [1.82, 2.24) is 0 Å². The fourth-order valence-corrected chi connectivity index (χ4v) is 3.51. The molecule has 11 heteroatoms. The Bertz CT molecular complexity index is 736. The van der Waals surface area contributed by atoms with Crippen molar-refractivity contribution in [2.75, 3.05) is 51.8 Å². The summed E-state index contributed by atoms with van der Waals surface area (Å²) in [5.41, 5.74) is -1.68. The molecule has 0 fully saturated rings. The fraction of sp³-hybridized carbons (Fsp3) is 0.680. The number of carbonyl (C=O) groups is 4.